The fourth-order valence-corrected chi connectivity index (χ4v) is 3.09. The number of unbranched alkanes of at least 4 members (excludes halogenated alkanes) is 10. The van der Waals surface area contributed by atoms with Crippen molar-refractivity contribution in [2.45, 2.75) is 115 Å². The molecule has 2 atom stereocenters. The third kappa shape index (κ3) is 9.79. The van der Waals surface area contributed by atoms with Crippen molar-refractivity contribution in [2.75, 3.05) is 6.61 Å². The smallest absolute Gasteiger partial charge is 0.178 e. The highest BCUT2D eigenvalue weighted by Gasteiger charge is 2.45. The Labute approximate surface area is 159 Å². The average Bonchev–Trinajstić information content (AvgIpc) is 2.65. The predicted octanol–water partition coefficient (Wildman–Crippen LogP) is 3.71. The lowest BCUT2D eigenvalue weighted by molar-refractivity contribution is -0.165. The number of aliphatic hydroxyl groups is 3. The summed E-state index contributed by atoms with van der Waals surface area (Å²) in [4.78, 5) is 24.4. The minimum absolute atomic E-state index is 0.0751. The number of carbonyl (C=O) groups is 2. The lowest BCUT2D eigenvalue weighted by atomic mass is 9.85. The van der Waals surface area contributed by atoms with Gasteiger partial charge in [-0.1, -0.05) is 78.1 Å². The predicted molar refractivity (Wildman–Crippen MR) is 104 cm³/mol. The maximum absolute atomic E-state index is 12.3. The van der Waals surface area contributed by atoms with E-state index < -0.39 is 29.9 Å². The molecular formula is C21H40O5. The highest BCUT2D eigenvalue weighted by molar-refractivity contribution is 5.96. The Morgan fingerprint density at radius 3 is 1.65 bits per heavy atom. The number of Topliss-reactive ketones (excluding diaryl/α,β-unsaturated/α-hetero) is 2. The number of hydrogen-bond acceptors (Lipinski definition) is 5. The van der Waals surface area contributed by atoms with Crippen molar-refractivity contribution in [2.24, 2.45) is 0 Å². The van der Waals surface area contributed by atoms with Crippen molar-refractivity contribution in [1.29, 1.82) is 0 Å². The van der Waals surface area contributed by atoms with Gasteiger partial charge in [0.1, 0.15) is 0 Å². The number of hydrogen-bond donors (Lipinski definition) is 3. The van der Waals surface area contributed by atoms with Crippen LogP contribution >= 0.6 is 0 Å². The quantitative estimate of drug-likeness (QED) is 0.319. The van der Waals surface area contributed by atoms with Crippen molar-refractivity contribution in [1.82, 2.24) is 0 Å². The number of aliphatic hydroxyl groups excluding tert-OH is 2. The fourth-order valence-electron chi connectivity index (χ4n) is 3.09. The molecule has 0 saturated heterocycles. The molecule has 0 amide bonds. The SMILES string of the molecule is CCCCCCCCCC(=O)C(O)(CO)C(O)C(=O)CCCCCCC. The minimum Gasteiger partial charge on any atom is -0.393 e. The standard InChI is InChI=1S/C21H40O5/c1-3-5-7-9-10-12-14-16-19(24)21(26,17-22)20(25)18(23)15-13-11-8-6-4-2/h20,22,25-26H,3-17H2,1-2H3. The molecule has 0 spiro atoms. The Hall–Kier alpha value is -0.780. The Morgan fingerprint density at radius 1 is 0.769 bits per heavy atom. The number of ketones is 2. The van der Waals surface area contributed by atoms with Crippen LogP contribution in [0.4, 0.5) is 0 Å². The molecule has 0 aliphatic carbocycles. The lowest BCUT2D eigenvalue weighted by Gasteiger charge is -2.29. The van der Waals surface area contributed by atoms with Gasteiger partial charge in [-0.3, -0.25) is 9.59 Å². The summed E-state index contributed by atoms with van der Waals surface area (Å²) in [6.07, 6.45) is 10.3. The van der Waals surface area contributed by atoms with Gasteiger partial charge >= 0.3 is 0 Å². The fraction of sp³-hybridized carbons (Fsp3) is 0.905. The van der Waals surface area contributed by atoms with E-state index in [9.17, 15) is 24.9 Å². The van der Waals surface area contributed by atoms with Crippen LogP contribution in [0.5, 0.6) is 0 Å². The normalized spacial score (nSPS) is 14.8. The van der Waals surface area contributed by atoms with Crippen LogP contribution < -0.4 is 0 Å². The summed E-state index contributed by atoms with van der Waals surface area (Å²) in [6.45, 7) is 3.34. The second-order valence-electron chi connectivity index (χ2n) is 7.41. The molecule has 0 fully saturated rings. The average molecular weight is 373 g/mol. The Bertz CT molecular complexity index is 383. The van der Waals surface area contributed by atoms with Crippen molar-refractivity contribution >= 4 is 11.6 Å². The van der Waals surface area contributed by atoms with Crippen LogP contribution in [0.1, 0.15) is 104 Å². The van der Waals surface area contributed by atoms with E-state index in [0.717, 1.165) is 44.9 Å². The van der Waals surface area contributed by atoms with Crippen LogP contribution in [0.3, 0.4) is 0 Å². The van der Waals surface area contributed by atoms with Gasteiger partial charge in [-0.05, 0) is 12.8 Å². The molecule has 0 aromatic rings. The van der Waals surface area contributed by atoms with Gasteiger partial charge in [0.25, 0.3) is 0 Å². The van der Waals surface area contributed by atoms with Crippen molar-refractivity contribution in [3.63, 3.8) is 0 Å². The maximum Gasteiger partial charge on any atom is 0.178 e. The molecule has 0 aromatic carbocycles. The van der Waals surface area contributed by atoms with Gasteiger partial charge in [0.05, 0.1) is 6.61 Å². The van der Waals surface area contributed by atoms with E-state index in [4.69, 9.17) is 0 Å². The van der Waals surface area contributed by atoms with Crippen LogP contribution in [0, 0.1) is 0 Å². The molecular weight excluding hydrogens is 332 g/mol. The van der Waals surface area contributed by atoms with Crippen LogP contribution in [-0.4, -0.2) is 45.2 Å². The van der Waals surface area contributed by atoms with Crippen LogP contribution in [0.2, 0.25) is 0 Å². The first kappa shape index (κ1) is 25.2. The van der Waals surface area contributed by atoms with Gasteiger partial charge in [0, 0.05) is 12.8 Å². The Morgan fingerprint density at radius 2 is 1.19 bits per heavy atom. The van der Waals surface area contributed by atoms with E-state index >= 15 is 0 Å². The highest BCUT2D eigenvalue weighted by atomic mass is 16.4. The van der Waals surface area contributed by atoms with E-state index in [1.54, 1.807) is 0 Å². The highest BCUT2D eigenvalue weighted by Crippen LogP contribution is 2.20. The molecule has 0 aliphatic heterocycles. The molecule has 0 bridgehead atoms. The molecule has 26 heavy (non-hydrogen) atoms. The van der Waals surface area contributed by atoms with E-state index in [-0.39, 0.29) is 12.8 Å². The van der Waals surface area contributed by atoms with E-state index in [0.29, 0.717) is 12.8 Å². The van der Waals surface area contributed by atoms with Gasteiger partial charge < -0.3 is 15.3 Å². The minimum atomic E-state index is -2.36. The maximum atomic E-state index is 12.3. The molecule has 0 saturated carbocycles. The molecule has 5 heteroatoms. The monoisotopic (exact) mass is 372 g/mol. The molecule has 0 aliphatic rings. The molecule has 0 radical (unpaired) electrons. The second kappa shape index (κ2) is 15.3. The van der Waals surface area contributed by atoms with E-state index in [1.165, 1.54) is 19.3 Å². The number of carbonyl (C=O) groups excluding carboxylic acids is 2. The summed E-state index contributed by atoms with van der Waals surface area (Å²) < 4.78 is 0. The Balaban J connectivity index is 4.26. The zero-order valence-corrected chi connectivity index (χ0v) is 16.8. The third-order valence-corrected chi connectivity index (χ3v) is 5.02. The zero-order valence-electron chi connectivity index (χ0n) is 16.8. The summed E-state index contributed by atoms with van der Waals surface area (Å²) in [5, 5.41) is 29.9. The molecule has 154 valence electrons. The van der Waals surface area contributed by atoms with Crippen LogP contribution in [0.15, 0.2) is 0 Å². The molecule has 0 aromatic heterocycles. The third-order valence-electron chi connectivity index (χ3n) is 5.02. The summed E-state index contributed by atoms with van der Waals surface area (Å²) in [6, 6.07) is 0. The molecule has 5 nitrogen and oxygen atoms in total. The zero-order chi connectivity index (χ0) is 19.8. The van der Waals surface area contributed by atoms with Crippen molar-refractivity contribution in [3.05, 3.63) is 0 Å². The van der Waals surface area contributed by atoms with Gasteiger partial charge in [-0.25, -0.2) is 0 Å². The van der Waals surface area contributed by atoms with Crippen LogP contribution in [-0.2, 0) is 9.59 Å². The van der Waals surface area contributed by atoms with Gasteiger partial charge in [-0.2, -0.15) is 0 Å². The van der Waals surface area contributed by atoms with Gasteiger partial charge in [-0.15, -0.1) is 0 Å². The molecule has 0 heterocycles. The van der Waals surface area contributed by atoms with Crippen molar-refractivity contribution in [3.8, 4) is 0 Å². The molecule has 3 N–H and O–H groups in total. The summed E-state index contributed by atoms with van der Waals surface area (Å²) in [5.41, 5.74) is -2.36. The van der Waals surface area contributed by atoms with E-state index in [2.05, 4.69) is 13.8 Å². The van der Waals surface area contributed by atoms with Gasteiger partial charge in [0.15, 0.2) is 23.3 Å². The van der Waals surface area contributed by atoms with Crippen LogP contribution in [0.25, 0.3) is 0 Å². The largest absolute Gasteiger partial charge is 0.393 e. The topological polar surface area (TPSA) is 94.8 Å². The molecule has 0 rings (SSSR count). The summed E-state index contributed by atoms with van der Waals surface area (Å²) >= 11 is 0. The summed E-state index contributed by atoms with van der Waals surface area (Å²) in [5.74, 6) is -1.20. The first-order valence-electron chi connectivity index (χ1n) is 10.5. The van der Waals surface area contributed by atoms with Crippen molar-refractivity contribution < 1.29 is 24.9 Å². The van der Waals surface area contributed by atoms with Gasteiger partial charge in [0.2, 0.25) is 0 Å². The first-order valence-corrected chi connectivity index (χ1v) is 10.5. The number of rotatable bonds is 18. The summed E-state index contributed by atoms with van der Waals surface area (Å²) in [7, 11) is 0. The lowest BCUT2D eigenvalue weighted by Crippen LogP contribution is -2.55. The Kier molecular flexibility index (Phi) is 14.8. The molecule has 2 unspecified atom stereocenters. The second-order valence-corrected chi connectivity index (χ2v) is 7.41. The van der Waals surface area contributed by atoms with E-state index in [1.807, 2.05) is 0 Å². The first-order chi connectivity index (χ1) is 12.4.